The predicted molar refractivity (Wildman–Crippen MR) is 109 cm³/mol. The minimum atomic E-state index is 0.104. The number of hydrogen-bond acceptors (Lipinski definition) is 5. The molecule has 1 N–H and O–H groups in total. The van der Waals surface area contributed by atoms with Crippen LogP contribution in [0.25, 0.3) is 0 Å². The summed E-state index contributed by atoms with van der Waals surface area (Å²) in [7, 11) is 3.90. The molecule has 1 aromatic heterocycles. The molecule has 0 spiro atoms. The minimum absolute atomic E-state index is 0.104. The van der Waals surface area contributed by atoms with E-state index in [9.17, 15) is 4.79 Å². The molecule has 1 aliphatic heterocycles. The lowest BCUT2D eigenvalue weighted by Gasteiger charge is -2.32. The summed E-state index contributed by atoms with van der Waals surface area (Å²) in [6.45, 7) is 2.43. The lowest BCUT2D eigenvalue weighted by molar-refractivity contribution is -0.125. The van der Waals surface area contributed by atoms with Gasteiger partial charge in [0.25, 0.3) is 0 Å². The highest BCUT2D eigenvalue weighted by Crippen LogP contribution is 2.22. The van der Waals surface area contributed by atoms with Crippen molar-refractivity contribution in [2.24, 2.45) is 5.92 Å². The largest absolute Gasteiger partial charge is 0.361 e. The van der Waals surface area contributed by atoms with Crippen LogP contribution in [0.4, 0.5) is 11.6 Å². The van der Waals surface area contributed by atoms with Gasteiger partial charge in [0.15, 0.2) is 11.6 Å². The first-order valence-corrected chi connectivity index (χ1v) is 9.71. The second-order valence-electron chi connectivity index (χ2n) is 7.29. The minimum Gasteiger partial charge on any atom is -0.361 e. The summed E-state index contributed by atoms with van der Waals surface area (Å²) in [5.41, 5.74) is 1.32. The number of aromatic nitrogens is 2. The van der Waals surface area contributed by atoms with E-state index in [2.05, 4.69) is 44.7 Å². The van der Waals surface area contributed by atoms with Gasteiger partial charge >= 0.3 is 0 Å². The van der Waals surface area contributed by atoms with Crippen LogP contribution in [0.1, 0.15) is 24.8 Å². The van der Waals surface area contributed by atoms with Crippen molar-refractivity contribution in [3.63, 3.8) is 0 Å². The summed E-state index contributed by atoms with van der Waals surface area (Å²) >= 11 is 0. The van der Waals surface area contributed by atoms with Crippen molar-refractivity contribution < 1.29 is 4.79 Å². The predicted octanol–water partition coefficient (Wildman–Crippen LogP) is 2.51. The first kappa shape index (κ1) is 19.1. The van der Waals surface area contributed by atoms with E-state index in [-0.39, 0.29) is 11.8 Å². The maximum Gasteiger partial charge on any atom is 0.223 e. The number of aryl methyl sites for hydroxylation is 1. The summed E-state index contributed by atoms with van der Waals surface area (Å²) in [6.07, 6.45) is 3.70. The van der Waals surface area contributed by atoms with Crippen molar-refractivity contribution in [1.29, 1.82) is 0 Å². The average molecular weight is 367 g/mol. The first-order chi connectivity index (χ1) is 13.1. The molecule has 0 saturated carbocycles. The second kappa shape index (κ2) is 9.35. The molecule has 0 bridgehead atoms. The van der Waals surface area contributed by atoms with Gasteiger partial charge in [-0.25, -0.2) is 0 Å². The van der Waals surface area contributed by atoms with Gasteiger partial charge in [0, 0.05) is 39.6 Å². The number of anilines is 2. The molecule has 1 aliphatic rings. The second-order valence-corrected chi connectivity index (χ2v) is 7.29. The number of carbonyl (C=O) groups excluding carboxylic acids is 1. The van der Waals surface area contributed by atoms with Crippen molar-refractivity contribution in [2.75, 3.05) is 43.5 Å². The van der Waals surface area contributed by atoms with E-state index in [1.807, 2.05) is 37.2 Å². The zero-order valence-corrected chi connectivity index (χ0v) is 16.3. The van der Waals surface area contributed by atoms with Gasteiger partial charge in [-0.1, -0.05) is 30.3 Å². The van der Waals surface area contributed by atoms with E-state index < -0.39 is 0 Å². The third-order valence-corrected chi connectivity index (χ3v) is 5.07. The van der Waals surface area contributed by atoms with Gasteiger partial charge in [-0.2, -0.15) is 0 Å². The van der Waals surface area contributed by atoms with E-state index >= 15 is 0 Å². The molecule has 1 fully saturated rings. The third-order valence-electron chi connectivity index (χ3n) is 5.07. The molecule has 2 aromatic rings. The van der Waals surface area contributed by atoms with Crippen LogP contribution in [-0.2, 0) is 11.2 Å². The molecule has 2 heterocycles. The van der Waals surface area contributed by atoms with Crippen molar-refractivity contribution in [3.8, 4) is 0 Å². The van der Waals surface area contributed by atoms with Gasteiger partial charge in [-0.05, 0) is 43.4 Å². The number of carbonyl (C=O) groups is 1. The molecule has 0 unspecified atom stereocenters. The summed E-state index contributed by atoms with van der Waals surface area (Å²) in [4.78, 5) is 16.6. The third kappa shape index (κ3) is 5.42. The molecule has 1 aromatic carbocycles. The molecule has 3 rings (SSSR count). The van der Waals surface area contributed by atoms with E-state index in [0.29, 0.717) is 0 Å². The van der Waals surface area contributed by atoms with Gasteiger partial charge in [0.1, 0.15) is 0 Å². The van der Waals surface area contributed by atoms with Crippen LogP contribution in [0.2, 0.25) is 0 Å². The maximum atomic E-state index is 12.4. The van der Waals surface area contributed by atoms with Crippen LogP contribution in [0.3, 0.4) is 0 Å². The van der Waals surface area contributed by atoms with Crippen LogP contribution in [0, 0.1) is 5.92 Å². The van der Waals surface area contributed by atoms with Crippen LogP contribution in [0.15, 0.2) is 42.5 Å². The van der Waals surface area contributed by atoms with Crippen LogP contribution < -0.4 is 15.1 Å². The lowest BCUT2D eigenvalue weighted by Crippen LogP contribution is -2.41. The SMILES string of the molecule is CN(C)c1ccc(N2CCC(C(=O)NCCCc3ccccc3)CC2)nn1. The summed E-state index contributed by atoms with van der Waals surface area (Å²) in [6, 6.07) is 14.4. The molecule has 0 radical (unpaired) electrons. The Kier molecular flexibility index (Phi) is 6.63. The Morgan fingerprint density at radius 3 is 2.48 bits per heavy atom. The fourth-order valence-electron chi connectivity index (χ4n) is 3.39. The summed E-state index contributed by atoms with van der Waals surface area (Å²) < 4.78 is 0. The zero-order valence-electron chi connectivity index (χ0n) is 16.3. The Bertz CT molecular complexity index is 709. The van der Waals surface area contributed by atoms with Crippen molar-refractivity contribution in [3.05, 3.63) is 48.0 Å². The molecule has 1 saturated heterocycles. The number of amides is 1. The Morgan fingerprint density at radius 1 is 1.11 bits per heavy atom. The topological polar surface area (TPSA) is 61.4 Å². The number of hydrogen-bond donors (Lipinski definition) is 1. The van der Waals surface area contributed by atoms with Gasteiger partial charge in [0.05, 0.1) is 0 Å². The smallest absolute Gasteiger partial charge is 0.223 e. The summed E-state index contributed by atoms with van der Waals surface area (Å²) in [5, 5.41) is 11.7. The van der Waals surface area contributed by atoms with Crippen molar-refractivity contribution >= 4 is 17.5 Å². The van der Waals surface area contributed by atoms with E-state index in [4.69, 9.17) is 0 Å². The zero-order chi connectivity index (χ0) is 19.1. The number of benzene rings is 1. The Morgan fingerprint density at radius 2 is 1.85 bits per heavy atom. The van der Waals surface area contributed by atoms with Crippen LogP contribution >= 0.6 is 0 Å². The van der Waals surface area contributed by atoms with Crippen molar-refractivity contribution in [2.45, 2.75) is 25.7 Å². The quantitative estimate of drug-likeness (QED) is 0.762. The molecule has 6 nitrogen and oxygen atoms in total. The highest BCUT2D eigenvalue weighted by atomic mass is 16.1. The van der Waals surface area contributed by atoms with Crippen LogP contribution in [-0.4, -0.2) is 49.8 Å². The van der Waals surface area contributed by atoms with E-state index in [1.54, 1.807) is 0 Å². The summed E-state index contributed by atoms with van der Waals surface area (Å²) in [5.74, 6) is 2.04. The number of rotatable bonds is 7. The van der Waals surface area contributed by atoms with Gasteiger partial charge in [-0.3, -0.25) is 4.79 Å². The fraction of sp³-hybridized carbons (Fsp3) is 0.476. The van der Waals surface area contributed by atoms with Gasteiger partial charge < -0.3 is 15.1 Å². The number of nitrogens with one attached hydrogen (secondary N) is 1. The molecular formula is C21H29N5O. The Hall–Kier alpha value is -2.63. The monoisotopic (exact) mass is 367 g/mol. The first-order valence-electron chi connectivity index (χ1n) is 9.71. The maximum absolute atomic E-state index is 12.4. The Labute approximate surface area is 161 Å². The standard InChI is InChI=1S/C21H29N5O/c1-25(2)19-10-11-20(24-23-19)26-15-12-18(13-16-26)21(27)22-14-6-9-17-7-4-3-5-8-17/h3-5,7-8,10-11,18H,6,9,12-16H2,1-2H3,(H,22,27). The molecule has 27 heavy (non-hydrogen) atoms. The fourth-order valence-corrected chi connectivity index (χ4v) is 3.39. The average Bonchev–Trinajstić information content (AvgIpc) is 2.72. The highest BCUT2D eigenvalue weighted by Gasteiger charge is 2.25. The van der Waals surface area contributed by atoms with E-state index in [0.717, 1.165) is 57.0 Å². The lowest BCUT2D eigenvalue weighted by atomic mass is 9.96. The Balaban J connectivity index is 1.38. The molecular weight excluding hydrogens is 338 g/mol. The van der Waals surface area contributed by atoms with E-state index in [1.165, 1.54) is 5.56 Å². The highest BCUT2D eigenvalue weighted by molar-refractivity contribution is 5.78. The van der Waals surface area contributed by atoms with Crippen LogP contribution in [0.5, 0.6) is 0 Å². The normalized spacial score (nSPS) is 14.8. The number of piperidine rings is 1. The van der Waals surface area contributed by atoms with Gasteiger partial charge in [0.2, 0.25) is 5.91 Å². The molecule has 1 amide bonds. The molecule has 0 atom stereocenters. The molecule has 6 heteroatoms. The van der Waals surface area contributed by atoms with Gasteiger partial charge in [-0.15, -0.1) is 10.2 Å². The van der Waals surface area contributed by atoms with Crippen molar-refractivity contribution in [1.82, 2.24) is 15.5 Å². The number of nitrogens with zero attached hydrogens (tertiary/aromatic N) is 4. The molecule has 144 valence electrons. The molecule has 0 aliphatic carbocycles.